The van der Waals surface area contributed by atoms with Gasteiger partial charge in [-0.3, -0.25) is 4.79 Å². The fraction of sp³-hybridized carbons (Fsp3) is 0.455. The molecule has 160 valence electrons. The molecule has 1 aromatic carbocycles. The monoisotopic (exact) mass is 416 g/mol. The van der Waals surface area contributed by atoms with E-state index in [9.17, 15) is 13.6 Å². The molecule has 0 atom stereocenters. The number of benzene rings is 1. The fourth-order valence-electron chi connectivity index (χ4n) is 3.95. The van der Waals surface area contributed by atoms with Gasteiger partial charge in [0.2, 0.25) is 5.92 Å². The summed E-state index contributed by atoms with van der Waals surface area (Å²) in [5.41, 5.74) is 7.21. The number of hydrogen-bond donors (Lipinski definition) is 2. The first-order chi connectivity index (χ1) is 14.4. The van der Waals surface area contributed by atoms with Gasteiger partial charge in [0.05, 0.1) is 17.4 Å². The molecule has 0 spiro atoms. The first-order valence-electron chi connectivity index (χ1n) is 10.3. The summed E-state index contributed by atoms with van der Waals surface area (Å²) < 4.78 is 32.5. The highest BCUT2D eigenvalue weighted by Crippen LogP contribution is 2.35. The van der Waals surface area contributed by atoms with Crippen LogP contribution in [0.3, 0.4) is 0 Å². The van der Waals surface area contributed by atoms with Gasteiger partial charge in [-0.2, -0.15) is 0 Å². The van der Waals surface area contributed by atoms with Gasteiger partial charge in [0, 0.05) is 44.6 Å². The maximum absolute atomic E-state index is 13.3. The molecule has 1 saturated carbocycles. The molecule has 2 fully saturated rings. The highest BCUT2D eigenvalue weighted by atomic mass is 19.3. The van der Waals surface area contributed by atoms with E-state index in [2.05, 4.69) is 10.2 Å². The standard InChI is InChI=1S/C22H26F2N4O2/c23-22(24)9-7-17(8-10-22)30-16-3-1-15(2-4-16)20-18(21(25)29)5-6-19(27-20)28-13-11-26-12-14-28/h1-6,17,26H,7-14H2,(H2,25,29). The summed E-state index contributed by atoms with van der Waals surface area (Å²) >= 11 is 0. The third-order valence-electron chi connectivity index (χ3n) is 5.68. The average Bonchev–Trinajstić information content (AvgIpc) is 2.76. The molecule has 1 amide bonds. The number of carbonyl (C=O) groups is 1. The number of ether oxygens (including phenoxy) is 1. The number of primary amides is 1. The van der Waals surface area contributed by atoms with Crippen molar-refractivity contribution in [1.29, 1.82) is 0 Å². The van der Waals surface area contributed by atoms with Crippen molar-refractivity contribution in [2.75, 3.05) is 31.1 Å². The molecule has 30 heavy (non-hydrogen) atoms. The van der Waals surface area contributed by atoms with Crippen molar-refractivity contribution in [3.05, 3.63) is 42.0 Å². The number of carbonyl (C=O) groups excluding carboxylic acids is 1. The molecule has 1 aliphatic carbocycles. The van der Waals surface area contributed by atoms with Gasteiger partial charge in [0.15, 0.2) is 0 Å². The Morgan fingerprint density at radius 1 is 1.10 bits per heavy atom. The van der Waals surface area contributed by atoms with E-state index in [0.717, 1.165) is 37.6 Å². The number of piperazine rings is 1. The Bertz CT molecular complexity index is 889. The van der Waals surface area contributed by atoms with Crippen LogP contribution in [-0.4, -0.2) is 49.1 Å². The van der Waals surface area contributed by atoms with Crippen molar-refractivity contribution in [2.24, 2.45) is 5.73 Å². The highest BCUT2D eigenvalue weighted by molar-refractivity contribution is 5.99. The van der Waals surface area contributed by atoms with Gasteiger partial charge in [-0.25, -0.2) is 13.8 Å². The number of amides is 1. The maximum Gasteiger partial charge on any atom is 0.250 e. The van der Waals surface area contributed by atoms with E-state index >= 15 is 0 Å². The van der Waals surface area contributed by atoms with Crippen LogP contribution >= 0.6 is 0 Å². The van der Waals surface area contributed by atoms with Crippen LogP contribution in [0.2, 0.25) is 0 Å². The molecule has 4 rings (SSSR count). The Morgan fingerprint density at radius 3 is 2.40 bits per heavy atom. The van der Waals surface area contributed by atoms with E-state index in [0.29, 0.717) is 29.8 Å². The van der Waals surface area contributed by atoms with Crippen molar-refractivity contribution in [2.45, 2.75) is 37.7 Å². The first kappa shape index (κ1) is 20.5. The Kier molecular flexibility index (Phi) is 5.85. The Balaban J connectivity index is 1.53. The lowest BCUT2D eigenvalue weighted by Gasteiger charge is -2.29. The molecule has 3 N–H and O–H groups in total. The van der Waals surface area contributed by atoms with Crippen molar-refractivity contribution in [3.8, 4) is 17.0 Å². The molecule has 2 aromatic rings. The Hall–Kier alpha value is -2.74. The molecular weight excluding hydrogens is 390 g/mol. The van der Waals surface area contributed by atoms with Crippen LogP contribution < -0.4 is 20.7 Å². The Morgan fingerprint density at radius 2 is 1.77 bits per heavy atom. The number of pyridine rings is 1. The maximum atomic E-state index is 13.3. The second-order valence-corrected chi connectivity index (χ2v) is 7.86. The van der Waals surface area contributed by atoms with E-state index in [4.69, 9.17) is 15.5 Å². The molecule has 2 heterocycles. The number of halogens is 2. The minimum absolute atomic E-state index is 0.138. The lowest BCUT2D eigenvalue weighted by Crippen LogP contribution is -2.44. The van der Waals surface area contributed by atoms with Crippen LogP contribution in [0.15, 0.2) is 36.4 Å². The van der Waals surface area contributed by atoms with Crippen LogP contribution in [0, 0.1) is 0 Å². The molecular formula is C22H26F2N4O2. The third kappa shape index (κ3) is 4.70. The molecule has 1 saturated heterocycles. The zero-order valence-corrected chi connectivity index (χ0v) is 16.7. The van der Waals surface area contributed by atoms with E-state index in [1.54, 1.807) is 18.2 Å². The summed E-state index contributed by atoms with van der Waals surface area (Å²) in [6.07, 6.45) is 0.204. The number of anilines is 1. The molecule has 0 bridgehead atoms. The van der Waals surface area contributed by atoms with E-state index < -0.39 is 11.8 Å². The summed E-state index contributed by atoms with van der Waals surface area (Å²) in [4.78, 5) is 18.8. The van der Waals surface area contributed by atoms with E-state index in [1.807, 2.05) is 18.2 Å². The van der Waals surface area contributed by atoms with Crippen molar-refractivity contribution >= 4 is 11.7 Å². The van der Waals surface area contributed by atoms with Crippen molar-refractivity contribution in [1.82, 2.24) is 10.3 Å². The van der Waals surface area contributed by atoms with Gasteiger partial charge in [0.1, 0.15) is 11.6 Å². The summed E-state index contributed by atoms with van der Waals surface area (Å²) in [5.74, 6) is -1.68. The zero-order chi connectivity index (χ0) is 21.1. The van der Waals surface area contributed by atoms with Crippen LogP contribution in [0.5, 0.6) is 5.75 Å². The number of nitrogens with one attached hydrogen (secondary N) is 1. The number of aromatic nitrogens is 1. The topological polar surface area (TPSA) is 80.5 Å². The van der Waals surface area contributed by atoms with Crippen LogP contribution in [0.1, 0.15) is 36.0 Å². The lowest BCUT2D eigenvalue weighted by molar-refractivity contribution is -0.0582. The summed E-state index contributed by atoms with van der Waals surface area (Å²) in [7, 11) is 0. The highest BCUT2D eigenvalue weighted by Gasteiger charge is 2.35. The molecule has 2 aliphatic rings. The fourth-order valence-corrected chi connectivity index (χ4v) is 3.95. The smallest absolute Gasteiger partial charge is 0.250 e. The average molecular weight is 416 g/mol. The van der Waals surface area contributed by atoms with Gasteiger partial charge in [-0.15, -0.1) is 0 Å². The molecule has 1 aromatic heterocycles. The van der Waals surface area contributed by atoms with Crippen LogP contribution in [0.25, 0.3) is 11.3 Å². The Labute approximate surface area is 174 Å². The second kappa shape index (κ2) is 8.55. The van der Waals surface area contributed by atoms with Gasteiger partial charge in [0.25, 0.3) is 5.91 Å². The zero-order valence-electron chi connectivity index (χ0n) is 16.7. The van der Waals surface area contributed by atoms with Crippen LogP contribution in [-0.2, 0) is 0 Å². The minimum Gasteiger partial charge on any atom is -0.490 e. The second-order valence-electron chi connectivity index (χ2n) is 7.86. The largest absolute Gasteiger partial charge is 0.490 e. The van der Waals surface area contributed by atoms with Gasteiger partial charge in [-0.05, 0) is 49.2 Å². The minimum atomic E-state index is -2.57. The molecule has 0 unspecified atom stereocenters. The number of alkyl halides is 2. The van der Waals surface area contributed by atoms with Crippen molar-refractivity contribution < 1.29 is 18.3 Å². The number of nitrogens with zero attached hydrogens (tertiary/aromatic N) is 2. The number of hydrogen-bond acceptors (Lipinski definition) is 5. The number of rotatable bonds is 5. The summed E-state index contributed by atoms with van der Waals surface area (Å²) in [6.45, 7) is 3.45. The van der Waals surface area contributed by atoms with E-state index in [1.165, 1.54) is 0 Å². The van der Waals surface area contributed by atoms with Gasteiger partial charge >= 0.3 is 0 Å². The first-order valence-corrected chi connectivity index (χ1v) is 10.3. The van der Waals surface area contributed by atoms with Crippen molar-refractivity contribution in [3.63, 3.8) is 0 Å². The molecule has 8 heteroatoms. The summed E-state index contributed by atoms with van der Waals surface area (Å²) in [5, 5.41) is 3.31. The van der Waals surface area contributed by atoms with E-state index in [-0.39, 0.29) is 18.9 Å². The normalized spacial score (nSPS) is 19.5. The SMILES string of the molecule is NC(=O)c1ccc(N2CCNCC2)nc1-c1ccc(OC2CCC(F)(F)CC2)cc1. The van der Waals surface area contributed by atoms with Crippen LogP contribution in [0.4, 0.5) is 14.6 Å². The lowest BCUT2D eigenvalue weighted by atomic mass is 9.94. The quantitative estimate of drug-likeness (QED) is 0.782. The predicted octanol–water partition coefficient (Wildman–Crippen LogP) is 3.21. The predicted molar refractivity (Wildman–Crippen MR) is 111 cm³/mol. The molecule has 0 radical (unpaired) electrons. The molecule has 6 nitrogen and oxygen atoms in total. The van der Waals surface area contributed by atoms with Gasteiger partial charge < -0.3 is 20.7 Å². The summed E-state index contributed by atoms with van der Waals surface area (Å²) in [6, 6.07) is 10.8. The molecule has 1 aliphatic heterocycles. The third-order valence-corrected chi connectivity index (χ3v) is 5.68. The van der Waals surface area contributed by atoms with Gasteiger partial charge in [-0.1, -0.05) is 0 Å². The number of nitrogens with two attached hydrogens (primary N) is 1.